The average molecular weight is 410 g/mol. The molecule has 3 aromatic rings. The van der Waals surface area contributed by atoms with Gasteiger partial charge in [-0.05, 0) is 73.7 Å². The predicted octanol–water partition coefficient (Wildman–Crippen LogP) is 7.29. The molecule has 0 N–H and O–H groups in total. The van der Waals surface area contributed by atoms with Gasteiger partial charge in [0, 0.05) is 0 Å². The number of unbranched alkanes of at least 4 members (excludes halogenated alkanes) is 1. The van der Waals surface area contributed by atoms with E-state index in [9.17, 15) is 4.57 Å². The fourth-order valence-corrected chi connectivity index (χ4v) is 4.30. The minimum absolute atomic E-state index is 0.417. The molecule has 0 bridgehead atoms. The van der Waals surface area contributed by atoms with Crippen molar-refractivity contribution in [2.24, 2.45) is 0 Å². The third-order valence-electron chi connectivity index (χ3n) is 4.78. The number of para-hydroxylation sites is 2. The van der Waals surface area contributed by atoms with Crippen molar-refractivity contribution >= 4 is 7.82 Å². The Kier molecular flexibility index (Phi) is 7.00. The molecule has 0 atom stereocenters. The van der Waals surface area contributed by atoms with Gasteiger partial charge in [-0.1, -0.05) is 55.8 Å². The molecule has 0 fully saturated rings. The number of phosphoric acid groups is 1. The first-order valence-electron chi connectivity index (χ1n) is 9.89. The molecular weight excluding hydrogens is 383 g/mol. The molecule has 4 nitrogen and oxygen atoms in total. The Labute approximate surface area is 173 Å². The highest BCUT2D eigenvalue weighted by molar-refractivity contribution is 7.49. The maximum Gasteiger partial charge on any atom is 0.647 e. The lowest BCUT2D eigenvalue weighted by Crippen LogP contribution is -2.09. The maximum atomic E-state index is 13.6. The van der Waals surface area contributed by atoms with Gasteiger partial charge in [0.25, 0.3) is 0 Å². The highest BCUT2D eigenvalue weighted by Crippen LogP contribution is 2.50. The molecule has 0 amide bonds. The number of phosphoric ester groups is 1. The summed E-state index contributed by atoms with van der Waals surface area (Å²) in [5, 5.41) is 0. The zero-order valence-electron chi connectivity index (χ0n) is 17.1. The van der Waals surface area contributed by atoms with Gasteiger partial charge < -0.3 is 13.6 Å². The number of hydrogen-bond donors (Lipinski definition) is 0. The van der Waals surface area contributed by atoms with Crippen LogP contribution in [-0.2, 0) is 11.0 Å². The first-order chi connectivity index (χ1) is 14.0. The van der Waals surface area contributed by atoms with Crippen LogP contribution in [0.15, 0.2) is 72.8 Å². The van der Waals surface area contributed by atoms with Crippen LogP contribution < -0.4 is 13.6 Å². The minimum atomic E-state index is -3.97. The molecule has 0 aliphatic carbocycles. The van der Waals surface area contributed by atoms with E-state index in [0.29, 0.717) is 17.2 Å². The number of benzene rings is 3. The van der Waals surface area contributed by atoms with Crippen molar-refractivity contribution in [3.63, 3.8) is 0 Å². The molecule has 0 aliphatic heterocycles. The van der Waals surface area contributed by atoms with Crippen LogP contribution in [-0.4, -0.2) is 0 Å². The van der Waals surface area contributed by atoms with E-state index in [0.717, 1.165) is 30.4 Å². The summed E-state index contributed by atoms with van der Waals surface area (Å²) in [5.74, 6) is 1.33. The zero-order chi connectivity index (χ0) is 20.7. The summed E-state index contributed by atoms with van der Waals surface area (Å²) < 4.78 is 30.9. The fraction of sp³-hybridized carbons (Fsp3) is 0.250. The Balaban J connectivity index is 1.90. The van der Waals surface area contributed by atoms with E-state index in [1.54, 1.807) is 48.5 Å². The van der Waals surface area contributed by atoms with Crippen LogP contribution in [0.5, 0.6) is 17.2 Å². The molecule has 0 saturated heterocycles. The van der Waals surface area contributed by atoms with Crippen molar-refractivity contribution in [2.45, 2.75) is 40.0 Å². The number of aryl methyl sites for hydroxylation is 1. The highest BCUT2D eigenvalue weighted by atomic mass is 31.2. The van der Waals surface area contributed by atoms with Gasteiger partial charge in [-0.3, -0.25) is 0 Å². The second-order valence-electron chi connectivity index (χ2n) is 6.92. The van der Waals surface area contributed by atoms with Gasteiger partial charge in [-0.2, -0.15) is 4.57 Å². The van der Waals surface area contributed by atoms with Crippen molar-refractivity contribution in [2.75, 3.05) is 0 Å². The number of rotatable bonds is 9. The third kappa shape index (κ3) is 5.65. The molecular formula is C24H27O4P. The Morgan fingerprint density at radius 3 is 1.79 bits per heavy atom. The van der Waals surface area contributed by atoms with E-state index in [1.807, 2.05) is 31.2 Å². The summed E-state index contributed by atoms with van der Waals surface area (Å²) >= 11 is 0. The lowest BCUT2D eigenvalue weighted by atomic mass is 9.98. The SMILES string of the molecule is CCCCc1ccc(OP(=O)(Oc2ccccc2)Oc2ccccc2)c(C)c1C. The maximum absolute atomic E-state index is 13.6. The van der Waals surface area contributed by atoms with E-state index < -0.39 is 7.82 Å². The molecule has 0 spiro atoms. The van der Waals surface area contributed by atoms with Gasteiger partial charge in [0.15, 0.2) is 0 Å². The smallest absolute Gasteiger partial charge is 0.386 e. The summed E-state index contributed by atoms with van der Waals surface area (Å²) in [5.41, 5.74) is 3.36. The van der Waals surface area contributed by atoms with Crippen LogP contribution in [0.3, 0.4) is 0 Å². The Morgan fingerprint density at radius 2 is 1.28 bits per heavy atom. The molecule has 152 valence electrons. The molecule has 29 heavy (non-hydrogen) atoms. The third-order valence-corrected chi connectivity index (χ3v) is 6.07. The van der Waals surface area contributed by atoms with E-state index >= 15 is 0 Å². The molecule has 0 saturated carbocycles. The first-order valence-corrected chi connectivity index (χ1v) is 11.3. The highest BCUT2D eigenvalue weighted by Gasteiger charge is 2.34. The van der Waals surface area contributed by atoms with Gasteiger partial charge in [-0.25, -0.2) is 0 Å². The Bertz CT molecular complexity index is 925. The predicted molar refractivity (Wildman–Crippen MR) is 117 cm³/mol. The summed E-state index contributed by atoms with van der Waals surface area (Å²) in [6.45, 7) is 6.21. The van der Waals surface area contributed by atoms with Crippen molar-refractivity contribution in [1.82, 2.24) is 0 Å². The van der Waals surface area contributed by atoms with Crippen molar-refractivity contribution in [3.8, 4) is 17.2 Å². The standard InChI is InChI=1S/C24H27O4P/c1-4-5-12-21-17-18-24(20(3)19(21)2)28-29(25,26-22-13-8-6-9-14-22)27-23-15-10-7-11-16-23/h6-11,13-18H,4-5,12H2,1-3H3. The van der Waals surface area contributed by atoms with Gasteiger partial charge >= 0.3 is 7.82 Å². The second kappa shape index (κ2) is 9.67. The molecule has 0 radical (unpaired) electrons. The summed E-state index contributed by atoms with van der Waals surface area (Å²) in [4.78, 5) is 0. The zero-order valence-corrected chi connectivity index (χ0v) is 18.0. The van der Waals surface area contributed by atoms with Crippen LogP contribution in [0.25, 0.3) is 0 Å². The summed E-state index contributed by atoms with van der Waals surface area (Å²) in [6, 6.07) is 21.7. The summed E-state index contributed by atoms with van der Waals surface area (Å²) in [6.07, 6.45) is 3.29. The molecule has 3 rings (SSSR count). The van der Waals surface area contributed by atoms with E-state index in [1.165, 1.54) is 5.56 Å². The van der Waals surface area contributed by atoms with E-state index in [4.69, 9.17) is 13.6 Å². The van der Waals surface area contributed by atoms with Crippen LogP contribution in [0.2, 0.25) is 0 Å². The topological polar surface area (TPSA) is 44.8 Å². The molecule has 0 heterocycles. The van der Waals surface area contributed by atoms with Gasteiger partial charge in [0.1, 0.15) is 17.2 Å². The second-order valence-corrected chi connectivity index (χ2v) is 8.37. The van der Waals surface area contributed by atoms with Crippen molar-refractivity contribution in [1.29, 1.82) is 0 Å². The van der Waals surface area contributed by atoms with Gasteiger partial charge in [0.2, 0.25) is 0 Å². The van der Waals surface area contributed by atoms with E-state index in [2.05, 4.69) is 13.8 Å². The quantitative estimate of drug-likeness (QED) is 0.347. The van der Waals surface area contributed by atoms with Crippen molar-refractivity contribution in [3.05, 3.63) is 89.5 Å². The van der Waals surface area contributed by atoms with Crippen LogP contribution in [0.4, 0.5) is 0 Å². The van der Waals surface area contributed by atoms with E-state index in [-0.39, 0.29) is 0 Å². The van der Waals surface area contributed by atoms with Gasteiger partial charge in [-0.15, -0.1) is 0 Å². The van der Waals surface area contributed by atoms with Gasteiger partial charge in [0.05, 0.1) is 0 Å². The lowest BCUT2D eigenvalue weighted by molar-refractivity contribution is 0.297. The average Bonchev–Trinajstić information content (AvgIpc) is 2.72. The van der Waals surface area contributed by atoms with Crippen LogP contribution in [0, 0.1) is 13.8 Å². The first kappa shape index (κ1) is 21.0. The molecule has 0 aliphatic rings. The van der Waals surface area contributed by atoms with Crippen LogP contribution >= 0.6 is 7.82 Å². The Morgan fingerprint density at radius 1 is 0.724 bits per heavy atom. The lowest BCUT2D eigenvalue weighted by Gasteiger charge is -2.21. The largest absolute Gasteiger partial charge is 0.647 e. The molecule has 0 aromatic heterocycles. The molecule has 5 heteroatoms. The monoisotopic (exact) mass is 410 g/mol. The normalized spacial score (nSPS) is 11.1. The summed E-state index contributed by atoms with van der Waals surface area (Å²) in [7, 11) is -3.97. The fourth-order valence-electron chi connectivity index (χ4n) is 2.99. The Hall–Kier alpha value is -2.71. The van der Waals surface area contributed by atoms with Crippen molar-refractivity contribution < 1.29 is 18.1 Å². The molecule has 3 aromatic carbocycles. The van der Waals surface area contributed by atoms with Crippen LogP contribution in [0.1, 0.15) is 36.5 Å². The minimum Gasteiger partial charge on any atom is -0.386 e. The molecule has 0 unspecified atom stereocenters. The number of hydrogen-bond acceptors (Lipinski definition) is 4.